The van der Waals surface area contributed by atoms with Crippen LogP contribution in [-0.4, -0.2) is 40.4 Å². The molecule has 0 spiro atoms. The van der Waals surface area contributed by atoms with Crippen LogP contribution in [-0.2, 0) is 4.43 Å². The maximum absolute atomic E-state index is 6.19. The number of rotatable bonds is 5. The predicted octanol–water partition coefficient (Wildman–Crippen LogP) is 2.42. The van der Waals surface area contributed by atoms with E-state index in [4.69, 9.17) is 14.9 Å². The van der Waals surface area contributed by atoms with Crippen molar-refractivity contribution in [3.05, 3.63) is 35.5 Å². The zero-order valence-electron chi connectivity index (χ0n) is 12.6. The summed E-state index contributed by atoms with van der Waals surface area (Å²) in [5.41, 5.74) is 8.17. The summed E-state index contributed by atoms with van der Waals surface area (Å²) in [6.07, 6.45) is 3.24. The second-order valence-electron chi connectivity index (χ2n) is 5.40. The lowest BCUT2D eigenvalue weighted by Crippen LogP contribution is -2.49. The third-order valence-corrected chi connectivity index (χ3v) is 7.90. The van der Waals surface area contributed by atoms with Crippen LogP contribution in [0.2, 0.25) is 12.6 Å². The Bertz CT molecular complexity index is 475. The molecule has 1 heterocycles. The lowest BCUT2D eigenvalue weighted by molar-refractivity contribution is 0.327. The highest BCUT2D eigenvalue weighted by Gasteiger charge is 2.40. The molecule has 2 N–H and O–H groups in total. The zero-order chi connectivity index (χ0) is 14.6. The summed E-state index contributed by atoms with van der Waals surface area (Å²) in [5.74, 6) is 0.861. The molecule has 2 rings (SSSR count). The predicted molar refractivity (Wildman–Crippen MR) is 84.8 cm³/mol. The van der Waals surface area contributed by atoms with Gasteiger partial charge < -0.3 is 14.9 Å². The Morgan fingerprint density at radius 2 is 2.05 bits per heavy atom. The SMILES string of the molecule is COc1ccc(C=C(N)CN2CCC[Si]2(C)OC)cc1. The van der Waals surface area contributed by atoms with E-state index < -0.39 is 8.48 Å². The van der Waals surface area contributed by atoms with Crippen LogP contribution in [0.15, 0.2) is 30.0 Å². The Morgan fingerprint density at radius 3 is 2.65 bits per heavy atom. The van der Waals surface area contributed by atoms with Gasteiger partial charge in [0.05, 0.1) is 7.11 Å². The van der Waals surface area contributed by atoms with Gasteiger partial charge in [0.25, 0.3) is 8.48 Å². The van der Waals surface area contributed by atoms with Crippen molar-refractivity contribution in [1.82, 2.24) is 4.57 Å². The van der Waals surface area contributed by atoms with Crippen LogP contribution in [0.25, 0.3) is 6.08 Å². The molecule has 1 atom stereocenters. The molecule has 0 amide bonds. The highest BCUT2D eigenvalue weighted by molar-refractivity contribution is 6.70. The second-order valence-corrected chi connectivity index (χ2v) is 9.29. The average molecular weight is 292 g/mol. The van der Waals surface area contributed by atoms with Crippen LogP contribution in [0.3, 0.4) is 0 Å². The van der Waals surface area contributed by atoms with Crippen LogP contribution in [0.5, 0.6) is 5.75 Å². The first kappa shape index (κ1) is 15.1. The average Bonchev–Trinajstić information content (AvgIpc) is 2.81. The first-order chi connectivity index (χ1) is 9.57. The molecule has 20 heavy (non-hydrogen) atoms. The smallest absolute Gasteiger partial charge is 0.268 e. The van der Waals surface area contributed by atoms with Gasteiger partial charge in [-0.25, -0.2) is 0 Å². The first-order valence-corrected chi connectivity index (χ1v) is 9.54. The molecule has 5 heteroatoms. The minimum Gasteiger partial charge on any atom is -0.497 e. The Kier molecular flexibility index (Phi) is 4.85. The lowest BCUT2D eigenvalue weighted by atomic mass is 10.2. The topological polar surface area (TPSA) is 47.7 Å². The maximum Gasteiger partial charge on any atom is 0.268 e. The van der Waals surface area contributed by atoms with Crippen molar-refractivity contribution in [1.29, 1.82) is 0 Å². The molecule has 1 aliphatic heterocycles. The summed E-state index contributed by atoms with van der Waals surface area (Å²) >= 11 is 0. The number of benzene rings is 1. The van der Waals surface area contributed by atoms with Gasteiger partial charge in [-0.2, -0.15) is 0 Å². The van der Waals surface area contributed by atoms with E-state index >= 15 is 0 Å². The normalized spacial score (nSPS) is 24.1. The van der Waals surface area contributed by atoms with Gasteiger partial charge in [0.2, 0.25) is 0 Å². The molecule has 1 aromatic rings. The van der Waals surface area contributed by atoms with Crippen molar-refractivity contribution in [3.8, 4) is 5.75 Å². The number of hydrogen-bond donors (Lipinski definition) is 1. The van der Waals surface area contributed by atoms with Crippen molar-refractivity contribution < 1.29 is 9.16 Å². The van der Waals surface area contributed by atoms with Gasteiger partial charge in [-0.15, -0.1) is 0 Å². The standard InChI is InChI=1S/C15H24N2O2Si/c1-18-15-7-5-13(6-8-15)11-14(16)12-17-9-4-10-20(17,3)19-2/h5-8,11H,4,9-10,12,16H2,1-3H3. The summed E-state index contributed by atoms with van der Waals surface area (Å²) in [6.45, 7) is 4.15. The van der Waals surface area contributed by atoms with E-state index in [1.54, 1.807) is 7.11 Å². The monoisotopic (exact) mass is 292 g/mol. The van der Waals surface area contributed by atoms with Crippen LogP contribution in [0.1, 0.15) is 12.0 Å². The summed E-state index contributed by atoms with van der Waals surface area (Å²) in [6, 6.07) is 9.12. The molecule has 4 nitrogen and oxygen atoms in total. The van der Waals surface area contributed by atoms with E-state index in [0.29, 0.717) is 0 Å². The van der Waals surface area contributed by atoms with E-state index in [0.717, 1.165) is 30.1 Å². The quantitative estimate of drug-likeness (QED) is 0.847. The Morgan fingerprint density at radius 1 is 1.35 bits per heavy atom. The molecule has 110 valence electrons. The van der Waals surface area contributed by atoms with Crippen LogP contribution < -0.4 is 10.5 Å². The minimum atomic E-state index is -1.69. The van der Waals surface area contributed by atoms with Crippen molar-refractivity contribution in [2.75, 3.05) is 27.3 Å². The van der Waals surface area contributed by atoms with Gasteiger partial charge in [-0.1, -0.05) is 12.1 Å². The van der Waals surface area contributed by atoms with Gasteiger partial charge >= 0.3 is 0 Å². The van der Waals surface area contributed by atoms with Crippen LogP contribution in [0.4, 0.5) is 0 Å². The van der Waals surface area contributed by atoms with Crippen molar-refractivity contribution in [3.63, 3.8) is 0 Å². The third-order valence-electron chi connectivity index (χ3n) is 4.02. The number of hydrogen-bond acceptors (Lipinski definition) is 4. The third kappa shape index (κ3) is 3.42. The summed E-state index contributed by atoms with van der Waals surface area (Å²) < 4.78 is 13.3. The van der Waals surface area contributed by atoms with Crippen molar-refractivity contribution in [2.45, 2.75) is 19.0 Å². The largest absolute Gasteiger partial charge is 0.497 e. The molecule has 0 aliphatic carbocycles. The molecule has 1 fully saturated rings. The van der Waals surface area contributed by atoms with Crippen LogP contribution >= 0.6 is 0 Å². The van der Waals surface area contributed by atoms with Crippen molar-refractivity contribution >= 4 is 14.6 Å². The number of nitrogens with two attached hydrogens (primary N) is 1. The highest BCUT2D eigenvalue weighted by Crippen LogP contribution is 2.26. The Hall–Kier alpha value is -1.30. The van der Waals surface area contributed by atoms with Gasteiger partial charge in [0, 0.05) is 19.4 Å². The molecule has 0 bridgehead atoms. The highest BCUT2D eigenvalue weighted by atomic mass is 28.4. The van der Waals surface area contributed by atoms with E-state index in [1.165, 1.54) is 12.5 Å². The maximum atomic E-state index is 6.19. The molecule has 0 radical (unpaired) electrons. The molecule has 1 aliphatic rings. The fourth-order valence-electron chi connectivity index (χ4n) is 2.65. The van der Waals surface area contributed by atoms with E-state index in [2.05, 4.69) is 11.1 Å². The van der Waals surface area contributed by atoms with Gasteiger partial charge in [-0.3, -0.25) is 4.57 Å². The number of methoxy groups -OCH3 is 1. The minimum absolute atomic E-state index is 0.794. The van der Waals surface area contributed by atoms with Crippen LogP contribution in [0, 0.1) is 0 Å². The second kappa shape index (κ2) is 6.43. The molecular formula is C15H24N2O2Si. The first-order valence-electron chi connectivity index (χ1n) is 6.98. The molecule has 1 unspecified atom stereocenters. The molecule has 1 aromatic carbocycles. The molecule has 0 aromatic heterocycles. The zero-order valence-corrected chi connectivity index (χ0v) is 13.6. The summed E-state index contributed by atoms with van der Waals surface area (Å²) in [7, 11) is 1.80. The number of ether oxygens (including phenoxy) is 1. The van der Waals surface area contributed by atoms with Gasteiger partial charge in [0.15, 0.2) is 0 Å². The summed E-state index contributed by atoms with van der Waals surface area (Å²) in [4.78, 5) is 0. The molecule has 0 saturated carbocycles. The Labute approximate surface area is 122 Å². The van der Waals surface area contributed by atoms with Gasteiger partial charge in [-0.05, 0) is 49.3 Å². The van der Waals surface area contributed by atoms with E-state index in [1.807, 2.05) is 37.5 Å². The fourth-order valence-corrected chi connectivity index (χ4v) is 5.39. The lowest BCUT2D eigenvalue weighted by Gasteiger charge is -2.31. The molecular weight excluding hydrogens is 268 g/mol. The number of nitrogens with zero attached hydrogens (tertiary/aromatic N) is 1. The fraction of sp³-hybridized carbons (Fsp3) is 0.467. The molecule has 1 saturated heterocycles. The van der Waals surface area contributed by atoms with Gasteiger partial charge in [0.1, 0.15) is 5.75 Å². The Balaban J connectivity index is 2.03. The van der Waals surface area contributed by atoms with E-state index in [9.17, 15) is 0 Å². The van der Waals surface area contributed by atoms with E-state index in [-0.39, 0.29) is 0 Å². The summed E-state index contributed by atoms with van der Waals surface area (Å²) in [5, 5.41) is 0. The van der Waals surface area contributed by atoms with Crippen molar-refractivity contribution in [2.24, 2.45) is 5.73 Å².